The van der Waals surface area contributed by atoms with Crippen molar-refractivity contribution in [2.24, 2.45) is 0 Å². The summed E-state index contributed by atoms with van der Waals surface area (Å²) >= 11 is 5.76. The molecule has 0 spiro atoms. The largest absolute Gasteiger partial charge is 0.497 e. The van der Waals surface area contributed by atoms with E-state index in [9.17, 15) is 14.4 Å². The van der Waals surface area contributed by atoms with Gasteiger partial charge in [-0.3, -0.25) is 14.4 Å². The van der Waals surface area contributed by atoms with Crippen LogP contribution in [0.15, 0.2) is 48.5 Å². The molecule has 0 saturated heterocycles. The van der Waals surface area contributed by atoms with Crippen LogP contribution >= 0.6 is 11.6 Å². The fourth-order valence-electron chi connectivity index (χ4n) is 2.07. The maximum atomic E-state index is 11.9. The molecule has 0 aliphatic heterocycles. The first-order valence-electron chi connectivity index (χ1n) is 8.11. The lowest BCUT2D eigenvalue weighted by molar-refractivity contribution is -0.147. The Bertz CT molecular complexity index is 791. The third-order valence-electron chi connectivity index (χ3n) is 3.46. The fraction of sp³-hybridized carbons (Fsp3) is 0.211. The number of methoxy groups -OCH3 is 1. The van der Waals surface area contributed by atoms with Gasteiger partial charge in [-0.1, -0.05) is 11.6 Å². The molecule has 0 aliphatic rings. The Morgan fingerprint density at radius 1 is 1.00 bits per heavy atom. The molecule has 2 rings (SSSR count). The molecule has 7 nitrogen and oxygen atoms in total. The summed E-state index contributed by atoms with van der Waals surface area (Å²) in [6.07, 6.45) is -0.0465. The molecule has 0 unspecified atom stereocenters. The van der Waals surface area contributed by atoms with Gasteiger partial charge in [0.05, 0.1) is 13.5 Å². The molecule has 0 bridgehead atoms. The average molecular weight is 391 g/mol. The van der Waals surface area contributed by atoms with Crippen molar-refractivity contribution in [3.05, 3.63) is 59.1 Å². The molecule has 0 fully saturated rings. The number of anilines is 1. The van der Waals surface area contributed by atoms with E-state index in [4.69, 9.17) is 21.1 Å². The Kier molecular flexibility index (Phi) is 7.63. The Morgan fingerprint density at radius 3 is 2.30 bits per heavy atom. The van der Waals surface area contributed by atoms with Crippen LogP contribution in [-0.4, -0.2) is 38.0 Å². The monoisotopic (exact) mass is 390 g/mol. The van der Waals surface area contributed by atoms with Crippen molar-refractivity contribution in [2.45, 2.75) is 6.42 Å². The summed E-state index contributed by atoms with van der Waals surface area (Å²) in [5.74, 6) is -0.702. The highest BCUT2D eigenvalue weighted by Gasteiger charge is 2.10. The molecular formula is C19H19ClN2O5. The van der Waals surface area contributed by atoms with Gasteiger partial charge in [0.1, 0.15) is 5.75 Å². The van der Waals surface area contributed by atoms with Gasteiger partial charge in [0.25, 0.3) is 11.8 Å². The lowest BCUT2D eigenvalue weighted by atomic mass is 10.2. The third kappa shape index (κ3) is 6.99. The number of carbonyl (C=O) groups excluding carboxylic acids is 3. The van der Waals surface area contributed by atoms with E-state index in [1.807, 2.05) is 0 Å². The first kappa shape index (κ1) is 20.3. The third-order valence-corrected chi connectivity index (χ3v) is 3.71. The molecule has 2 aromatic carbocycles. The van der Waals surface area contributed by atoms with Crippen molar-refractivity contribution in [2.75, 3.05) is 25.6 Å². The van der Waals surface area contributed by atoms with E-state index in [2.05, 4.69) is 10.6 Å². The molecule has 0 atom stereocenters. The predicted molar refractivity (Wildman–Crippen MR) is 101 cm³/mol. The first-order valence-corrected chi connectivity index (χ1v) is 8.49. The van der Waals surface area contributed by atoms with Gasteiger partial charge in [-0.2, -0.15) is 0 Å². The van der Waals surface area contributed by atoms with Gasteiger partial charge in [-0.05, 0) is 48.5 Å². The Hall–Kier alpha value is -3.06. The van der Waals surface area contributed by atoms with Crippen LogP contribution in [0.5, 0.6) is 5.75 Å². The number of esters is 1. The van der Waals surface area contributed by atoms with Gasteiger partial charge in [0, 0.05) is 22.8 Å². The maximum Gasteiger partial charge on any atom is 0.308 e. The minimum absolute atomic E-state index is 0.0465. The van der Waals surface area contributed by atoms with Crippen molar-refractivity contribution < 1.29 is 23.9 Å². The number of amides is 2. The second-order valence-electron chi connectivity index (χ2n) is 5.45. The summed E-state index contributed by atoms with van der Waals surface area (Å²) in [6.45, 7) is -0.309. The number of halogens is 1. The predicted octanol–water partition coefficient (Wildman–Crippen LogP) is 2.65. The number of carbonyl (C=O) groups is 3. The van der Waals surface area contributed by atoms with Crippen LogP contribution in [0.3, 0.4) is 0 Å². The normalized spacial score (nSPS) is 10.0. The molecule has 0 radical (unpaired) electrons. The van der Waals surface area contributed by atoms with Crippen molar-refractivity contribution in [1.82, 2.24) is 5.32 Å². The molecule has 2 N–H and O–H groups in total. The molecular weight excluding hydrogens is 372 g/mol. The molecule has 142 valence electrons. The number of nitrogens with one attached hydrogen (secondary N) is 2. The Labute approximate surface area is 161 Å². The summed E-state index contributed by atoms with van der Waals surface area (Å²) in [5.41, 5.74) is 0.999. The number of benzene rings is 2. The fourth-order valence-corrected chi connectivity index (χ4v) is 2.20. The molecule has 2 amide bonds. The summed E-state index contributed by atoms with van der Waals surface area (Å²) in [4.78, 5) is 35.3. The van der Waals surface area contributed by atoms with Crippen LogP contribution in [0.1, 0.15) is 16.8 Å². The van der Waals surface area contributed by atoms with Crippen molar-refractivity contribution in [1.29, 1.82) is 0 Å². The highest BCUT2D eigenvalue weighted by molar-refractivity contribution is 6.30. The van der Waals surface area contributed by atoms with Crippen LogP contribution < -0.4 is 15.4 Å². The molecule has 2 aromatic rings. The van der Waals surface area contributed by atoms with E-state index in [0.717, 1.165) is 0 Å². The Morgan fingerprint density at radius 2 is 1.67 bits per heavy atom. The zero-order chi connectivity index (χ0) is 19.6. The molecule has 0 aliphatic carbocycles. The standard InChI is InChI=1S/C19H19ClN2O5/c1-26-16-8-6-15(7-9-16)22-17(23)12-27-18(24)10-11-21-19(25)13-2-4-14(20)5-3-13/h2-9H,10-12H2,1H3,(H,21,25)(H,22,23). The first-order chi connectivity index (χ1) is 13.0. The van der Waals surface area contributed by atoms with Gasteiger partial charge in [0.15, 0.2) is 6.61 Å². The van der Waals surface area contributed by atoms with E-state index < -0.39 is 18.5 Å². The average Bonchev–Trinajstić information content (AvgIpc) is 2.67. The minimum atomic E-state index is -0.587. The lowest BCUT2D eigenvalue weighted by Gasteiger charge is -2.08. The zero-order valence-corrected chi connectivity index (χ0v) is 15.4. The van der Waals surface area contributed by atoms with Crippen molar-refractivity contribution in [3.63, 3.8) is 0 Å². The van der Waals surface area contributed by atoms with Gasteiger partial charge in [0.2, 0.25) is 0 Å². The summed E-state index contributed by atoms with van der Waals surface area (Å²) in [6, 6.07) is 13.1. The SMILES string of the molecule is COc1ccc(NC(=O)COC(=O)CCNC(=O)c2ccc(Cl)cc2)cc1. The highest BCUT2D eigenvalue weighted by atomic mass is 35.5. The number of hydrogen-bond donors (Lipinski definition) is 2. The van der Waals surface area contributed by atoms with Crippen LogP contribution in [-0.2, 0) is 14.3 Å². The van der Waals surface area contributed by atoms with Crippen molar-refractivity contribution >= 4 is 35.1 Å². The number of rotatable bonds is 8. The highest BCUT2D eigenvalue weighted by Crippen LogP contribution is 2.14. The van der Waals surface area contributed by atoms with E-state index in [1.165, 1.54) is 0 Å². The molecule has 8 heteroatoms. The van der Waals surface area contributed by atoms with E-state index >= 15 is 0 Å². The van der Waals surface area contributed by atoms with E-state index in [0.29, 0.717) is 22.0 Å². The maximum absolute atomic E-state index is 11.9. The van der Waals surface area contributed by atoms with E-state index in [-0.39, 0.29) is 18.9 Å². The van der Waals surface area contributed by atoms with Crippen LogP contribution in [0, 0.1) is 0 Å². The molecule has 0 aromatic heterocycles. The van der Waals surface area contributed by atoms with Gasteiger partial charge in [-0.25, -0.2) is 0 Å². The second-order valence-corrected chi connectivity index (χ2v) is 5.89. The van der Waals surface area contributed by atoms with Crippen LogP contribution in [0.25, 0.3) is 0 Å². The van der Waals surface area contributed by atoms with Gasteiger partial charge < -0.3 is 20.1 Å². The molecule has 0 saturated carbocycles. The Balaban J connectivity index is 1.65. The van der Waals surface area contributed by atoms with Crippen molar-refractivity contribution in [3.8, 4) is 5.75 Å². The summed E-state index contributed by atoms with van der Waals surface area (Å²) < 4.78 is 9.90. The number of ether oxygens (including phenoxy) is 2. The topological polar surface area (TPSA) is 93.7 Å². The van der Waals surface area contributed by atoms with E-state index in [1.54, 1.807) is 55.6 Å². The summed E-state index contributed by atoms with van der Waals surface area (Å²) in [7, 11) is 1.55. The lowest BCUT2D eigenvalue weighted by Crippen LogP contribution is -2.27. The molecule has 0 heterocycles. The smallest absolute Gasteiger partial charge is 0.308 e. The second kappa shape index (κ2) is 10.2. The van der Waals surface area contributed by atoms with Gasteiger partial charge in [-0.15, -0.1) is 0 Å². The van der Waals surface area contributed by atoms with Crippen LogP contribution in [0.4, 0.5) is 5.69 Å². The van der Waals surface area contributed by atoms with Crippen LogP contribution in [0.2, 0.25) is 5.02 Å². The zero-order valence-electron chi connectivity index (χ0n) is 14.7. The molecule has 27 heavy (non-hydrogen) atoms. The van der Waals surface area contributed by atoms with Gasteiger partial charge >= 0.3 is 5.97 Å². The quantitative estimate of drug-likeness (QED) is 0.676. The minimum Gasteiger partial charge on any atom is -0.497 e. The number of hydrogen-bond acceptors (Lipinski definition) is 5. The summed E-state index contributed by atoms with van der Waals surface area (Å²) in [5, 5.41) is 5.72.